The molecule has 1 heterocycles. The third-order valence-corrected chi connectivity index (χ3v) is 3.49. The van der Waals surface area contributed by atoms with Gasteiger partial charge in [0.1, 0.15) is 18.7 Å². The second-order valence-electron chi connectivity index (χ2n) is 5.11. The van der Waals surface area contributed by atoms with Crippen LogP contribution in [0, 0.1) is 10.1 Å². The molecule has 132 valence electrons. The Morgan fingerprint density at radius 3 is 2.48 bits per heavy atom. The Bertz CT molecular complexity index is 825. The van der Waals surface area contributed by atoms with E-state index in [9.17, 15) is 19.7 Å². The van der Waals surface area contributed by atoms with Crippen molar-refractivity contribution in [1.82, 2.24) is 0 Å². The largest absolute Gasteiger partial charge is 1.00 e. The Morgan fingerprint density at radius 2 is 1.88 bits per heavy atom. The van der Waals surface area contributed by atoms with Crippen LogP contribution in [0.4, 0.5) is 5.69 Å². The number of ether oxygens (including phenoxy) is 1. The quantitative estimate of drug-likeness (QED) is 0.192. The average molecular weight is 457 g/mol. The lowest BCUT2D eigenvalue weighted by Gasteiger charge is -2.14. The van der Waals surface area contributed by atoms with Crippen LogP contribution >= 0.6 is 0 Å². The minimum Gasteiger partial charge on any atom is -1.00 e. The van der Waals surface area contributed by atoms with Crippen LogP contribution in [-0.4, -0.2) is 16.8 Å². The van der Waals surface area contributed by atoms with Crippen molar-refractivity contribution in [1.29, 1.82) is 0 Å². The van der Waals surface area contributed by atoms with Crippen LogP contribution in [0.3, 0.4) is 0 Å². The van der Waals surface area contributed by atoms with Gasteiger partial charge in [-0.15, -0.1) is 0 Å². The van der Waals surface area contributed by atoms with Crippen molar-refractivity contribution in [2.75, 3.05) is 0 Å². The van der Waals surface area contributed by atoms with Gasteiger partial charge in [0.2, 0.25) is 0 Å². The molecule has 0 radical (unpaired) electrons. The fourth-order valence-electron chi connectivity index (χ4n) is 2.37. The Kier molecular flexibility index (Phi) is 6.97. The first kappa shape index (κ1) is 20.5. The molecule has 25 heavy (non-hydrogen) atoms. The standard InChI is InChI=1S/C16H15N3O5.HI/c1-10(11-6-3-4-8-13(11)19(22)23)24-16(21)12-7-5-9-18(2)14(12)15(17)20;/h3-10H,1-2H3,(H-,17,20);1H. The summed E-state index contributed by atoms with van der Waals surface area (Å²) in [6.45, 7) is 1.52. The molecule has 0 fully saturated rings. The number of halogens is 1. The zero-order valence-corrected chi connectivity index (χ0v) is 15.7. The van der Waals surface area contributed by atoms with E-state index in [1.807, 2.05) is 0 Å². The predicted molar refractivity (Wildman–Crippen MR) is 83.1 cm³/mol. The molecule has 0 aliphatic rings. The monoisotopic (exact) mass is 457 g/mol. The van der Waals surface area contributed by atoms with Gasteiger partial charge in [0.05, 0.1) is 10.5 Å². The van der Waals surface area contributed by atoms with Crippen LogP contribution in [0.1, 0.15) is 39.4 Å². The van der Waals surface area contributed by atoms with E-state index in [0.717, 1.165) is 0 Å². The molecule has 1 aromatic carbocycles. The number of nitrogens with zero attached hydrogens (tertiary/aromatic N) is 2. The third-order valence-electron chi connectivity index (χ3n) is 3.49. The highest BCUT2D eigenvalue weighted by Gasteiger charge is 2.28. The van der Waals surface area contributed by atoms with Crippen molar-refractivity contribution in [2.45, 2.75) is 13.0 Å². The smallest absolute Gasteiger partial charge is 0.345 e. The molecule has 8 nitrogen and oxygen atoms in total. The van der Waals surface area contributed by atoms with Crippen LogP contribution in [0.5, 0.6) is 0 Å². The van der Waals surface area contributed by atoms with Crippen molar-refractivity contribution in [3.05, 3.63) is 69.5 Å². The Labute approximate surface area is 160 Å². The number of rotatable bonds is 5. The molecule has 2 aromatic rings. The fourth-order valence-corrected chi connectivity index (χ4v) is 2.37. The third kappa shape index (κ3) is 4.50. The summed E-state index contributed by atoms with van der Waals surface area (Å²) in [6.07, 6.45) is 0.702. The molecular formula is C16H16IN3O5. The minimum absolute atomic E-state index is 0. The number of esters is 1. The van der Waals surface area contributed by atoms with Crippen molar-refractivity contribution >= 4 is 17.6 Å². The number of aryl methyl sites for hydroxylation is 1. The second-order valence-corrected chi connectivity index (χ2v) is 5.11. The number of hydrogen-bond acceptors (Lipinski definition) is 5. The van der Waals surface area contributed by atoms with Gasteiger partial charge in [-0.05, 0) is 19.1 Å². The molecule has 0 spiro atoms. The molecule has 2 N–H and O–H groups in total. The second kappa shape index (κ2) is 8.51. The molecule has 1 aromatic heterocycles. The molecular weight excluding hydrogens is 441 g/mol. The first-order valence-electron chi connectivity index (χ1n) is 7.05. The summed E-state index contributed by atoms with van der Waals surface area (Å²) in [7, 11) is 1.57. The van der Waals surface area contributed by atoms with E-state index in [2.05, 4.69) is 0 Å². The lowest BCUT2D eigenvalue weighted by Crippen LogP contribution is -3.00. The molecule has 0 bridgehead atoms. The zero-order valence-electron chi connectivity index (χ0n) is 13.5. The number of amides is 1. The van der Waals surface area contributed by atoms with E-state index < -0.39 is 22.9 Å². The molecule has 2 rings (SSSR count). The maximum absolute atomic E-state index is 12.4. The molecule has 0 aliphatic carbocycles. The van der Waals surface area contributed by atoms with Gasteiger partial charge in [0, 0.05) is 12.1 Å². The highest BCUT2D eigenvalue weighted by molar-refractivity contribution is 6.02. The highest BCUT2D eigenvalue weighted by Crippen LogP contribution is 2.27. The summed E-state index contributed by atoms with van der Waals surface area (Å²) in [6, 6.07) is 8.96. The lowest BCUT2D eigenvalue weighted by molar-refractivity contribution is -0.673. The number of nitro groups is 1. The van der Waals surface area contributed by atoms with Gasteiger partial charge in [-0.3, -0.25) is 14.9 Å². The fraction of sp³-hybridized carbons (Fsp3) is 0.188. The average Bonchev–Trinajstić information content (AvgIpc) is 2.54. The summed E-state index contributed by atoms with van der Waals surface area (Å²) in [5, 5.41) is 11.1. The Balaban J connectivity index is 0.00000312. The van der Waals surface area contributed by atoms with Crippen LogP contribution < -0.4 is 34.3 Å². The number of primary amides is 1. The van der Waals surface area contributed by atoms with Gasteiger partial charge in [-0.2, -0.15) is 4.57 Å². The van der Waals surface area contributed by atoms with Gasteiger partial charge in [-0.1, -0.05) is 12.1 Å². The Morgan fingerprint density at radius 1 is 1.24 bits per heavy atom. The summed E-state index contributed by atoms with van der Waals surface area (Å²) >= 11 is 0. The normalized spacial score (nSPS) is 11.1. The van der Waals surface area contributed by atoms with Crippen molar-refractivity contribution < 1.29 is 47.8 Å². The molecule has 0 aliphatic heterocycles. The number of para-hydroxylation sites is 1. The zero-order chi connectivity index (χ0) is 17.9. The molecule has 1 atom stereocenters. The molecule has 9 heteroatoms. The summed E-state index contributed by atoms with van der Waals surface area (Å²) in [4.78, 5) is 34.5. The predicted octanol–water partition coefficient (Wildman–Crippen LogP) is -1.56. The first-order valence-corrected chi connectivity index (χ1v) is 7.05. The number of nitrogens with two attached hydrogens (primary N) is 1. The molecule has 1 amide bonds. The number of hydrogen-bond donors (Lipinski definition) is 1. The number of aromatic nitrogens is 1. The summed E-state index contributed by atoms with van der Waals surface area (Å²) in [5.74, 6) is -1.56. The maximum Gasteiger partial charge on any atom is 0.345 e. The van der Waals surface area contributed by atoms with E-state index in [1.54, 1.807) is 25.4 Å². The number of benzene rings is 1. The summed E-state index contributed by atoms with van der Waals surface area (Å²) in [5.41, 5.74) is 5.41. The van der Waals surface area contributed by atoms with Crippen LogP contribution in [0.2, 0.25) is 0 Å². The molecule has 0 saturated heterocycles. The number of carbonyl (C=O) groups is 2. The van der Waals surface area contributed by atoms with Crippen LogP contribution in [0.25, 0.3) is 0 Å². The minimum atomic E-state index is -0.870. The van der Waals surface area contributed by atoms with E-state index in [4.69, 9.17) is 10.5 Å². The van der Waals surface area contributed by atoms with Gasteiger partial charge in [0.25, 0.3) is 11.4 Å². The van der Waals surface area contributed by atoms with Crippen molar-refractivity contribution in [2.24, 2.45) is 12.8 Å². The first-order chi connectivity index (χ1) is 11.3. The van der Waals surface area contributed by atoms with E-state index in [-0.39, 0.29) is 46.5 Å². The van der Waals surface area contributed by atoms with Gasteiger partial charge >= 0.3 is 11.9 Å². The van der Waals surface area contributed by atoms with Gasteiger partial charge < -0.3 is 34.4 Å². The van der Waals surface area contributed by atoms with Gasteiger partial charge in [0.15, 0.2) is 6.20 Å². The lowest BCUT2D eigenvalue weighted by atomic mass is 10.1. The SMILES string of the molecule is CC(OC(=O)c1ccc[n+](C)c1C(N)=O)c1ccccc1[N+](=O)[O-].[I-]. The van der Waals surface area contributed by atoms with E-state index in [0.29, 0.717) is 0 Å². The molecule has 1 unspecified atom stereocenters. The topological polar surface area (TPSA) is 116 Å². The Hall–Kier alpha value is -2.56. The van der Waals surface area contributed by atoms with Crippen LogP contribution in [-0.2, 0) is 11.8 Å². The number of pyridine rings is 1. The summed E-state index contributed by atoms with van der Waals surface area (Å²) < 4.78 is 6.71. The maximum atomic E-state index is 12.4. The van der Waals surface area contributed by atoms with Gasteiger partial charge in [-0.25, -0.2) is 4.79 Å². The molecule has 0 saturated carbocycles. The van der Waals surface area contributed by atoms with E-state index >= 15 is 0 Å². The van der Waals surface area contributed by atoms with Crippen molar-refractivity contribution in [3.63, 3.8) is 0 Å². The number of nitro benzene ring substituents is 1. The number of carbonyl (C=O) groups excluding carboxylic acids is 2. The van der Waals surface area contributed by atoms with Crippen LogP contribution in [0.15, 0.2) is 42.6 Å². The van der Waals surface area contributed by atoms with E-state index in [1.165, 1.54) is 35.8 Å². The highest BCUT2D eigenvalue weighted by atomic mass is 127. The van der Waals surface area contributed by atoms with Crippen molar-refractivity contribution in [3.8, 4) is 0 Å².